The van der Waals surface area contributed by atoms with Gasteiger partial charge in [-0.15, -0.1) is 11.3 Å². The summed E-state index contributed by atoms with van der Waals surface area (Å²) in [5.41, 5.74) is 1.49. The molecule has 0 bridgehead atoms. The molecule has 168 valence electrons. The van der Waals surface area contributed by atoms with Gasteiger partial charge in [-0.05, 0) is 63.9 Å². The van der Waals surface area contributed by atoms with Gasteiger partial charge in [-0.2, -0.15) is 18.3 Å². The molecule has 6 nitrogen and oxygen atoms in total. The van der Waals surface area contributed by atoms with Crippen molar-refractivity contribution < 1.29 is 28.1 Å². The summed E-state index contributed by atoms with van der Waals surface area (Å²) in [5.74, 6) is -0.429. The van der Waals surface area contributed by atoms with E-state index in [4.69, 9.17) is 0 Å². The summed E-state index contributed by atoms with van der Waals surface area (Å²) in [6.45, 7) is 2.11. The minimum Gasteiger partial charge on any atom is -0.460 e. The minimum absolute atomic E-state index is 0.0213. The Bertz CT molecular complexity index is 1020. The van der Waals surface area contributed by atoms with Gasteiger partial charge in [-0.25, -0.2) is 4.99 Å². The number of anilines is 1. The van der Waals surface area contributed by atoms with E-state index in [0.717, 1.165) is 42.5 Å². The van der Waals surface area contributed by atoms with E-state index in [9.17, 15) is 23.1 Å². The van der Waals surface area contributed by atoms with Gasteiger partial charge < -0.3 is 10.4 Å². The molecule has 31 heavy (non-hydrogen) atoms. The summed E-state index contributed by atoms with van der Waals surface area (Å²) in [6.07, 6.45) is 1.56. The SMILES string of the molecule is CC[NH+]=C(O)c1c(NC(=O)Cn2nc(C(F)(F)F)c3c2CCCC3)sc2c1CCCC2. The Balaban J connectivity index is 1.61. The van der Waals surface area contributed by atoms with Crippen LogP contribution in [0.5, 0.6) is 0 Å². The van der Waals surface area contributed by atoms with Crippen LogP contribution in [0.4, 0.5) is 18.2 Å². The molecule has 0 spiro atoms. The number of alkyl halides is 3. The molecule has 10 heteroatoms. The Morgan fingerprint density at radius 2 is 1.84 bits per heavy atom. The van der Waals surface area contributed by atoms with Crippen LogP contribution in [-0.2, 0) is 43.2 Å². The Morgan fingerprint density at radius 3 is 2.55 bits per heavy atom. The van der Waals surface area contributed by atoms with Gasteiger partial charge in [0, 0.05) is 16.1 Å². The molecule has 0 saturated carbocycles. The average molecular weight is 456 g/mol. The van der Waals surface area contributed by atoms with Gasteiger partial charge in [0.05, 0.1) is 0 Å². The second-order valence-electron chi connectivity index (χ2n) is 7.98. The fraction of sp³-hybridized carbons (Fsp3) is 0.571. The smallest absolute Gasteiger partial charge is 0.435 e. The molecule has 3 N–H and O–H groups in total. The predicted octanol–water partition coefficient (Wildman–Crippen LogP) is 2.76. The number of carbonyl (C=O) groups is 1. The molecule has 0 aromatic carbocycles. The van der Waals surface area contributed by atoms with E-state index < -0.39 is 17.8 Å². The highest BCUT2D eigenvalue weighted by atomic mass is 32.1. The molecule has 2 heterocycles. The lowest BCUT2D eigenvalue weighted by molar-refractivity contribution is -0.460. The maximum Gasteiger partial charge on any atom is 0.435 e. The van der Waals surface area contributed by atoms with E-state index in [1.54, 1.807) is 0 Å². The molecule has 2 aromatic heterocycles. The fourth-order valence-corrected chi connectivity index (χ4v) is 5.80. The Hall–Kier alpha value is -2.36. The predicted molar refractivity (Wildman–Crippen MR) is 112 cm³/mol. The molecule has 0 saturated heterocycles. The minimum atomic E-state index is -4.53. The number of aliphatic hydroxyl groups excluding tert-OH is 1. The van der Waals surface area contributed by atoms with Gasteiger partial charge in [-0.1, -0.05) is 0 Å². The van der Waals surface area contributed by atoms with Gasteiger partial charge in [-0.3, -0.25) is 9.48 Å². The highest BCUT2D eigenvalue weighted by Crippen LogP contribution is 2.38. The maximum atomic E-state index is 13.4. The van der Waals surface area contributed by atoms with Crippen LogP contribution in [0.3, 0.4) is 0 Å². The van der Waals surface area contributed by atoms with E-state index in [1.165, 1.54) is 16.0 Å². The van der Waals surface area contributed by atoms with Crippen molar-refractivity contribution >= 4 is 28.1 Å². The number of fused-ring (bicyclic) bond motifs is 2. The Labute approximate surface area is 182 Å². The number of thiophene rings is 1. The molecule has 2 aliphatic rings. The molecular weight excluding hydrogens is 429 g/mol. The monoisotopic (exact) mass is 455 g/mol. The highest BCUT2D eigenvalue weighted by Gasteiger charge is 2.39. The first kappa shape index (κ1) is 21.9. The first-order valence-corrected chi connectivity index (χ1v) is 11.5. The van der Waals surface area contributed by atoms with Crippen LogP contribution < -0.4 is 10.3 Å². The van der Waals surface area contributed by atoms with Crippen molar-refractivity contribution in [3.63, 3.8) is 0 Å². The van der Waals surface area contributed by atoms with Gasteiger partial charge in [0.15, 0.2) is 5.69 Å². The Kier molecular flexibility index (Phi) is 6.09. The van der Waals surface area contributed by atoms with Gasteiger partial charge >= 0.3 is 12.1 Å². The van der Waals surface area contributed by atoms with Crippen LogP contribution in [0.25, 0.3) is 0 Å². The van der Waals surface area contributed by atoms with Crippen LogP contribution in [0.15, 0.2) is 0 Å². The number of nitrogens with one attached hydrogen (secondary N) is 2. The maximum absolute atomic E-state index is 13.4. The van der Waals surface area contributed by atoms with E-state index in [0.29, 0.717) is 42.1 Å². The molecule has 2 aromatic rings. The first-order chi connectivity index (χ1) is 14.8. The molecule has 0 fully saturated rings. The van der Waals surface area contributed by atoms with Crippen molar-refractivity contribution in [1.29, 1.82) is 0 Å². The largest absolute Gasteiger partial charge is 0.460 e. The van der Waals surface area contributed by atoms with E-state index >= 15 is 0 Å². The van der Waals surface area contributed by atoms with E-state index in [2.05, 4.69) is 15.4 Å². The number of nitrogens with zero attached hydrogens (tertiary/aromatic N) is 2. The van der Waals surface area contributed by atoms with Crippen LogP contribution in [0, 0.1) is 0 Å². The van der Waals surface area contributed by atoms with Gasteiger partial charge in [0.1, 0.15) is 23.7 Å². The summed E-state index contributed by atoms with van der Waals surface area (Å²) in [6, 6.07) is 0. The number of aliphatic hydroxyl groups is 1. The third kappa shape index (κ3) is 4.35. The topological polar surface area (TPSA) is 81.1 Å². The Morgan fingerprint density at radius 1 is 1.16 bits per heavy atom. The lowest BCUT2D eigenvalue weighted by Crippen LogP contribution is -2.72. The first-order valence-electron chi connectivity index (χ1n) is 10.7. The molecular formula is C21H26F3N4O2S+. The second-order valence-corrected chi connectivity index (χ2v) is 9.08. The lowest BCUT2D eigenvalue weighted by Gasteiger charge is -2.14. The third-order valence-corrected chi connectivity index (χ3v) is 7.03. The average Bonchev–Trinajstić information content (AvgIpc) is 3.26. The normalized spacial score (nSPS) is 16.7. The molecule has 0 aliphatic heterocycles. The van der Waals surface area contributed by atoms with Crippen molar-refractivity contribution in [3.05, 3.63) is 33.0 Å². The number of hydrogen-bond donors (Lipinski definition) is 3. The van der Waals surface area contributed by atoms with Crippen molar-refractivity contribution in [3.8, 4) is 0 Å². The van der Waals surface area contributed by atoms with Crippen molar-refractivity contribution in [2.45, 2.75) is 71.0 Å². The quantitative estimate of drug-likeness (QED) is 0.479. The zero-order valence-corrected chi connectivity index (χ0v) is 18.2. The van der Waals surface area contributed by atoms with Crippen LogP contribution in [0.2, 0.25) is 0 Å². The molecule has 0 unspecified atom stereocenters. The number of halogens is 3. The zero-order chi connectivity index (χ0) is 22.2. The van der Waals surface area contributed by atoms with Crippen molar-refractivity contribution in [2.75, 3.05) is 11.9 Å². The molecule has 1 amide bonds. The standard InChI is InChI=1S/C21H25F3N4O2S/c1-2-25-19(30)17-13-8-4-6-10-15(13)31-20(17)26-16(29)11-28-14-9-5-3-7-12(14)18(27-28)21(22,23)24/h2-11H2,1H3,(H,25,30)(H,26,29)/p+1. The van der Waals surface area contributed by atoms with Crippen molar-refractivity contribution in [2.24, 2.45) is 0 Å². The summed E-state index contributed by atoms with van der Waals surface area (Å²) in [7, 11) is 0. The number of rotatable bonds is 5. The van der Waals surface area contributed by atoms with E-state index in [1.807, 2.05) is 6.92 Å². The number of hydrogen-bond acceptors (Lipinski definition) is 3. The summed E-state index contributed by atoms with van der Waals surface area (Å²) < 4.78 is 41.4. The van der Waals surface area contributed by atoms with Crippen LogP contribution >= 0.6 is 11.3 Å². The number of amides is 1. The third-order valence-electron chi connectivity index (χ3n) is 5.82. The summed E-state index contributed by atoms with van der Waals surface area (Å²) in [4.78, 5) is 16.9. The van der Waals surface area contributed by atoms with Gasteiger partial charge in [0.25, 0.3) is 0 Å². The molecule has 4 rings (SSSR count). The lowest BCUT2D eigenvalue weighted by atomic mass is 9.95. The van der Waals surface area contributed by atoms with Crippen molar-refractivity contribution in [1.82, 2.24) is 9.78 Å². The number of carbonyl (C=O) groups excluding carboxylic acids is 1. The summed E-state index contributed by atoms with van der Waals surface area (Å²) in [5, 5.41) is 17.6. The second kappa shape index (κ2) is 8.64. The zero-order valence-electron chi connectivity index (χ0n) is 17.4. The molecule has 0 radical (unpaired) electrons. The van der Waals surface area contributed by atoms with Crippen LogP contribution in [-0.4, -0.2) is 33.2 Å². The number of aromatic nitrogens is 2. The molecule has 2 aliphatic carbocycles. The highest BCUT2D eigenvalue weighted by molar-refractivity contribution is 7.17. The number of aryl methyl sites for hydroxylation is 1. The van der Waals surface area contributed by atoms with Gasteiger partial charge in [0.2, 0.25) is 5.91 Å². The van der Waals surface area contributed by atoms with Crippen LogP contribution in [0.1, 0.15) is 65.6 Å². The summed E-state index contributed by atoms with van der Waals surface area (Å²) >= 11 is 1.43. The molecule has 0 atom stereocenters. The fourth-order valence-electron chi connectivity index (χ4n) is 4.49. The van der Waals surface area contributed by atoms with E-state index in [-0.39, 0.29) is 18.0 Å².